The van der Waals surface area contributed by atoms with E-state index in [9.17, 15) is 4.79 Å². The van der Waals surface area contributed by atoms with E-state index < -0.39 is 0 Å². The molecule has 0 saturated carbocycles. The number of rotatable bonds is 7. The summed E-state index contributed by atoms with van der Waals surface area (Å²) in [6, 6.07) is 19.7. The van der Waals surface area contributed by atoms with Gasteiger partial charge in [0.1, 0.15) is 17.3 Å². The van der Waals surface area contributed by atoms with Gasteiger partial charge in [-0.15, -0.1) is 0 Å². The number of methoxy groups -OCH3 is 1. The van der Waals surface area contributed by atoms with Crippen molar-refractivity contribution in [3.63, 3.8) is 0 Å². The fraction of sp³-hybridized carbons (Fsp3) is 0.120. The third-order valence-corrected chi connectivity index (χ3v) is 4.73. The zero-order chi connectivity index (χ0) is 22.3. The van der Waals surface area contributed by atoms with Crippen LogP contribution in [0.5, 0.6) is 17.4 Å². The van der Waals surface area contributed by atoms with Gasteiger partial charge in [0, 0.05) is 24.4 Å². The van der Waals surface area contributed by atoms with Crippen molar-refractivity contribution in [3.8, 4) is 28.6 Å². The molecule has 4 rings (SSSR count). The van der Waals surface area contributed by atoms with Gasteiger partial charge in [0.25, 0.3) is 5.91 Å². The lowest BCUT2D eigenvalue weighted by Crippen LogP contribution is -2.12. The summed E-state index contributed by atoms with van der Waals surface area (Å²) in [6.45, 7) is 2.00. The maximum atomic E-state index is 12.8. The molecule has 4 aromatic rings. The molecule has 2 aromatic heterocycles. The second kappa shape index (κ2) is 9.70. The van der Waals surface area contributed by atoms with Gasteiger partial charge in [-0.2, -0.15) is 0 Å². The van der Waals surface area contributed by atoms with Gasteiger partial charge in [0.15, 0.2) is 0 Å². The lowest BCUT2D eigenvalue weighted by Gasteiger charge is -2.12. The number of hydrogen-bond donors (Lipinski definition) is 1. The predicted octanol–water partition coefficient (Wildman–Crippen LogP) is 5.15. The summed E-state index contributed by atoms with van der Waals surface area (Å²) < 4.78 is 11.3. The van der Waals surface area contributed by atoms with Crippen LogP contribution in [0, 0.1) is 0 Å². The highest BCUT2D eigenvalue weighted by molar-refractivity contribution is 6.05. The number of ether oxygens (including phenoxy) is 2. The number of carbonyl (C=O) groups excluding carboxylic acids is 1. The normalized spacial score (nSPS) is 10.4. The second-order valence-electron chi connectivity index (χ2n) is 6.85. The summed E-state index contributed by atoms with van der Waals surface area (Å²) in [6.07, 6.45) is 4.10. The van der Waals surface area contributed by atoms with Crippen LogP contribution in [0.2, 0.25) is 0 Å². The van der Waals surface area contributed by atoms with Crippen molar-refractivity contribution in [2.45, 2.75) is 13.3 Å². The number of nitrogens with zero attached hydrogens (tertiary/aromatic N) is 3. The van der Waals surface area contributed by atoms with Crippen molar-refractivity contribution >= 4 is 11.6 Å². The Balaban J connectivity index is 1.58. The maximum absolute atomic E-state index is 12.8. The number of amides is 1. The summed E-state index contributed by atoms with van der Waals surface area (Å²) in [7, 11) is 1.56. The van der Waals surface area contributed by atoms with E-state index in [-0.39, 0.29) is 5.91 Å². The number of aromatic nitrogens is 3. The molecule has 2 aromatic carbocycles. The Morgan fingerprint density at radius 2 is 1.84 bits per heavy atom. The second-order valence-corrected chi connectivity index (χ2v) is 6.85. The van der Waals surface area contributed by atoms with Crippen LogP contribution in [-0.4, -0.2) is 28.0 Å². The molecule has 0 unspecified atom stereocenters. The minimum Gasteiger partial charge on any atom is -0.495 e. The summed E-state index contributed by atoms with van der Waals surface area (Å²) in [5.41, 5.74) is 2.51. The lowest BCUT2D eigenvalue weighted by atomic mass is 10.1. The molecular formula is C25H22N4O3. The molecule has 0 aliphatic heterocycles. The van der Waals surface area contributed by atoms with Gasteiger partial charge in [-0.1, -0.05) is 25.1 Å². The monoisotopic (exact) mass is 426 g/mol. The molecule has 0 aliphatic carbocycles. The first-order valence-corrected chi connectivity index (χ1v) is 10.2. The molecule has 160 valence electrons. The van der Waals surface area contributed by atoms with Gasteiger partial charge < -0.3 is 14.8 Å². The highest BCUT2D eigenvalue weighted by Crippen LogP contribution is 2.31. The summed E-state index contributed by atoms with van der Waals surface area (Å²) in [5, 5.41) is 2.87. The number of aryl methyl sites for hydroxylation is 1. The topological polar surface area (TPSA) is 86.2 Å². The number of anilines is 1. The number of benzene rings is 2. The molecule has 32 heavy (non-hydrogen) atoms. The average Bonchev–Trinajstić information content (AvgIpc) is 2.85. The largest absolute Gasteiger partial charge is 0.495 e. The van der Waals surface area contributed by atoms with Crippen LogP contribution in [0.1, 0.15) is 23.1 Å². The smallest absolute Gasteiger partial charge is 0.255 e. The molecule has 7 heteroatoms. The van der Waals surface area contributed by atoms with Gasteiger partial charge >= 0.3 is 0 Å². The quantitative estimate of drug-likeness (QED) is 0.440. The molecule has 0 bridgehead atoms. The number of carbonyl (C=O) groups is 1. The van der Waals surface area contributed by atoms with E-state index >= 15 is 0 Å². The minimum atomic E-state index is -0.274. The van der Waals surface area contributed by atoms with Crippen molar-refractivity contribution in [2.24, 2.45) is 0 Å². The van der Waals surface area contributed by atoms with Crippen molar-refractivity contribution < 1.29 is 14.3 Å². The van der Waals surface area contributed by atoms with Gasteiger partial charge in [0.2, 0.25) is 5.88 Å². The van der Waals surface area contributed by atoms with E-state index in [4.69, 9.17) is 9.47 Å². The highest BCUT2D eigenvalue weighted by Gasteiger charge is 2.13. The van der Waals surface area contributed by atoms with E-state index in [1.165, 1.54) is 0 Å². The van der Waals surface area contributed by atoms with E-state index in [1.54, 1.807) is 55.9 Å². The van der Waals surface area contributed by atoms with Gasteiger partial charge in [-0.3, -0.25) is 4.79 Å². The van der Waals surface area contributed by atoms with Crippen LogP contribution in [0.25, 0.3) is 11.3 Å². The Labute approximate surface area is 186 Å². The van der Waals surface area contributed by atoms with Crippen molar-refractivity contribution in [2.75, 3.05) is 12.4 Å². The van der Waals surface area contributed by atoms with E-state index in [0.29, 0.717) is 28.6 Å². The van der Waals surface area contributed by atoms with E-state index in [1.807, 2.05) is 37.3 Å². The summed E-state index contributed by atoms with van der Waals surface area (Å²) >= 11 is 0. The van der Waals surface area contributed by atoms with Crippen LogP contribution in [0.4, 0.5) is 5.69 Å². The van der Waals surface area contributed by atoms with Crippen molar-refractivity contribution in [1.29, 1.82) is 0 Å². The minimum absolute atomic E-state index is 0.274. The molecule has 0 aliphatic rings. The highest BCUT2D eigenvalue weighted by atomic mass is 16.5. The number of hydrogen-bond acceptors (Lipinski definition) is 6. The summed E-state index contributed by atoms with van der Waals surface area (Å²) in [4.78, 5) is 26.0. The van der Waals surface area contributed by atoms with E-state index in [0.717, 1.165) is 23.5 Å². The van der Waals surface area contributed by atoms with Crippen molar-refractivity contribution in [3.05, 3.63) is 90.5 Å². The first kappa shape index (κ1) is 21.0. The first-order valence-electron chi connectivity index (χ1n) is 10.2. The van der Waals surface area contributed by atoms with Crippen molar-refractivity contribution in [1.82, 2.24) is 15.0 Å². The maximum Gasteiger partial charge on any atom is 0.255 e. The van der Waals surface area contributed by atoms with Crippen LogP contribution >= 0.6 is 0 Å². The molecule has 7 nitrogen and oxygen atoms in total. The third kappa shape index (κ3) is 4.73. The zero-order valence-corrected chi connectivity index (χ0v) is 17.8. The SMILES string of the molecule is CCc1nccc(-c2cccnc2Oc2cccc(C(=O)Nc3ccccc3OC)c2)n1. The van der Waals surface area contributed by atoms with Gasteiger partial charge in [-0.05, 0) is 48.5 Å². The molecule has 0 spiro atoms. The fourth-order valence-electron chi connectivity index (χ4n) is 3.14. The fourth-order valence-corrected chi connectivity index (χ4v) is 3.14. The Bertz CT molecular complexity index is 1240. The average molecular weight is 426 g/mol. The van der Waals surface area contributed by atoms with Crippen LogP contribution in [0.15, 0.2) is 79.1 Å². The van der Waals surface area contributed by atoms with Crippen LogP contribution in [-0.2, 0) is 6.42 Å². The number of pyridine rings is 1. The van der Waals surface area contributed by atoms with Gasteiger partial charge in [-0.25, -0.2) is 15.0 Å². The zero-order valence-electron chi connectivity index (χ0n) is 17.8. The standard InChI is InChI=1S/C25H22N4O3/c1-3-23-26-15-13-20(28-23)19-10-7-14-27-25(19)32-18-9-6-8-17(16-18)24(30)29-21-11-4-5-12-22(21)31-2/h4-16H,3H2,1-2H3,(H,29,30). The predicted molar refractivity (Wildman–Crippen MR) is 122 cm³/mol. The molecule has 1 N–H and O–H groups in total. The molecule has 0 radical (unpaired) electrons. The third-order valence-electron chi connectivity index (χ3n) is 4.73. The molecule has 0 saturated heterocycles. The van der Waals surface area contributed by atoms with Gasteiger partial charge in [0.05, 0.1) is 24.1 Å². The Kier molecular flexibility index (Phi) is 6.36. The van der Waals surface area contributed by atoms with E-state index in [2.05, 4.69) is 20.3 Å². The molecule has 2 heterocycles. The summed E-state index contributed by atoms with van der Waals surface area (Å²) in [5.74, 6) is 1.94. The Morgan fingerprint density at radius 3 is 2.69 bits per heavy atom. The Hall–Kier alpha value is -4.26. The number of nitrogens with one attached hydrogen (secondary N) is 1. The molecule has 0 fully saturated rings. The molecule has 1 amide bonds. The first-order chi connectivity index (χ1) is 15.7. The lowest BCUT2D eigenvalue weighted by molar-refractivity contribution is 0.102. The van der Waals surface area contributed by atoms with Crippen LogP contribution in [0.3, 0.4) is 0 Å². The molecule has 0 atom stereocenters. The Morgan fingerprint density at radius 1 is 0.969 bits per heavy atom. The molecular weight excluding hydrogens is 404 g/mol. The number of para-hydroxylation sites is 2. The van der Waals surface area contributed by atoms with Crippen LogP contribution < -0.4 is 14.8 Å².